The molecular weight excluding hydrogens is 316 g/mol. The van der Waals surface area contributed by atoms with Gasteiger partial charge in [-0.05, 0) is 51.3 Å². The summed E-state index contributed by atoms with van der Waals surface area (Å²) >= 11 is 9.15. The largest absolute Gasteiger partial charge is 0.397 e. The molecule has 0 spiro atoms. The number of benzene rings is 2. The van der Waals surface area contributed by atoms with Gasteiger partial charge >= 0.3 is 0 Å². The third kappa shape index (κ3) is 2.49. The monoisotopic (exact) mass is 324 g/mol. The Morgan fingerprint density at radius 1 is 1.11 bits per heavy atom. The Kier molecular flexibility index (Phi) is 3.59. The second-order valence-corrected chi connectivity index (χ2v) is 5.08. The number of nitrogen functional groups attached to an aromatic ring is 1. The van der Waals surface area contributed by atoms with Gasteiger partial charge in [-0.2, -0.15) is 0 Å². The van der Waals surface area contributed by atoms with Gasteiger partial charge in [0.25, 0.3) is 5.91 Å². The fourth-order valence-electron chi connectivity index (χ4n) is 1.63. The summed E-state index contributed by atoms with van der Waals surface area (Å²) < 4.78 is 0.642. The van der Waals surface area contributed by atoms with Crippen molar-refractivity contribution in [2.45, 2.75) is 0 Å². The van der Waals surface area contributed by atoms with Crippen molar-refractivity contribution in [3.05, 3.63) is 51.5 Å². The van der Waals surface area contributed by atoms with Crippen molar-refractivity contribution in [3.63, 3.8) is 0 Å². The molecule has 0 aliphatic heterocycles. The normalized spacial score (nSPS) is 10.3. The minimum atomic E-state index is -0.552. The van der Waals surface area contributed by atoms with Gasteiger partial charge in [0.15, 0.2) is 0 Å². The Morgan fingerprint density at radius 2 is 1.72 bits per heavy atom. The Labute approximate surface area is 118 Å². The molecule has 0 aromatic heterocycles. The molecule has 92 valence electrons. The molecule has 0 atom stereocenters. The van der Waals surface area contributed by atoms with Crippen molar-refractivity contribution in [2.24, 2.45) is 5.73 Å². The maximum Gasteiger partial charge on any atom is 0.250 e. The van der Waals surface area contributed by atoms with Crippen LogP contribution in [0.15, 0.2) is 40.9 Å². The van der Waals surface area contributed by atoms with Gasteiger partial charge in [0.2, 0.25) is 0 Å². The first-order chi connectivity index (χ1) is 8.49. The van der Waals surface area contributed by atoms with E-state index in [-0.39, 0.29) is 0 Å². The Bertz CT molecular complexity index is 611. The molecule has 0 bridgehead atoms. The molecule has 2 aromatic carbocycles. The molecule has 0 saturated heterocycles. The minimum Gasteiger partial charge on any atom is -0.397 e. The van der Waals surface area contributed by atoms with E-state index in [1.54, 1.807) is 18.2 Å². The molecule has 1 amide bonds. The first kappa shape index (κ1) is 12.9. The average Bonchev–Trinajstić information content (AvgIpc) is 2.33. The number of nitrogens with two attached hydrogens (primary N) is 2. The Morgan fingerprint density at radius 3 is 2.28 bits per heavy atom. The molecule has 3 nitrogen and oxygen atoms in total. The number of amides is 1. The molecule has 0 saturated carbocycles. The van der Waals surface area contributed by atoms with E-state index in [0.29, 0.717) is 20.7 Å². The molecule has 5 heteroatoms. The van der Waals surface area contributed by atoms with E-state index in [1.807, 2.05) is 18.2 Å². The summed E-state index contributed by atoms with van der Waals surface area (Å²) in [6, 6.07) is 10.8. The van der Waals surface area contributed by atoms with Crippen molar-refractivity contribution < 1.29 is 4.79 Å². The molecule has 0 aliphatic rings. The summed E-state index contributed by atoms with van der Waals surface area (Å²) in [6.07, 6.45) is 0. The number of carbonyl (C=O) groups is 1. The third-order valence-corrected chi connectivity index (χ3v) is 3.48. The lowest BCUT2D eigenvalue weighted by atomic mass is 10.0. The molecule has 4 N–H and O–H groups in total. The third-order valence-electron chi connectivity index (χ3n) is 2.57. The van der Waals surface area contributed by atoms with Crippen molar-refractivity contribution in [3.8, 4) is 11.1 Å². The molecule has 0 fully saturated rings. The van der Waals surface area contributed by atoms with Crippen LogP contribution < -0.4 is 11.5 Å². The van der Waals surface area contributed by atoms with Crippen molar-refractivity contribution >= 4 is 39.1 Å². The van der Waals surface area contributed by atoms with Gasteiger partial charge in [0, 0.05) is 9.50 Å². The second kappa shape index (κ2) is 5.00. The van der Waals surface area contributed by atoms with Crippen molar-refractivity contribution in [2.75, 3.05) is 5.73 Å². The van der Waals surface area contributed by atoms with Crippen LogP contribution in [0.5, 0.6) is 0 Å². The number of halogens is 2. The summed E-state index contributed by atoms with van der Waals surface area (Å²) in [6.45, 7) is 0. The maximum atomic E-state index is 11.3. The van der Waals surface area contributed by atoms with E-state index in [9.17, 15) is 4.79 Å². The number of carbonyl (C=O) groups excluding carboxylic acids is 1. The highest BCUT2D eigenvalue weighted by Gasteiger charge is 2.11. The first-order valence-electron chi connectivity index (χ1n) is 5.14. The van der Waals surface area contributed by atoms with Crippen molar-refractivity contribution in [1.29, 1.82) is 0 Å². The zero-order chi connectivity index (χ0) is 13.3. The summed E-state index contributed by atoms with van der Waals surface area (Å²) in [5, 5.41) is 0.656. The van der Waals surface area contributed by atoms with Gasteiger partial charge in [-0.1, -0.05) is 23.7 Å². The van der Waals surface area contributed by atoms with Crippen LogP contribution in [-0.4, -0.2) is 5.91 Å². The maximum absolute atomic E-state index is 11.3. The van der Waals surface area contributed by atoms with Gasteiger partial charge in [-0.15, -0.1) is 0 Å². The molecular formula is C13H10BrClN2O. The number of hydrogen-bond acceptors (Lipinski definition) is 2. The van der Waals surface area contributed by atoms with E-state index in [1.165, 1.54) is 0 Å². The van der Waals surface area contributed by atoms with Crippen LogP contribution in [0.25, 0.3) is 11.1 Å². The Hall–Kier alpha value is -1.52. The predicted molar refractivity (Wildman–Crippen MR) is 77.5 cm³/mol. The van der Waals surface area contributed by atoms with Gasteiger partial charge in [0.1, 0.15) is 0 Å². The summed E-state index contributed by atoms with van der Waals surface area (Å²) in [5.74, 6) is -0.552. The van der Waals surface area contributed by atoms with Crippen LogP contribution in [0.2, 0.25) is 5.02 Å². The average molecular weight is 326 g/mol. The SMILES string of the molecule is NC(=O)c1cc(-c2ccc(Cl)cc2)cc(Br)c1N. The first-order valence-corrected chi connectivity index (χ1v) is 6.31. The lowest BCUT2D eigenvalue weighted by Crippen LogP contribution is -2.14. The topological polar surface area (TPSA) is 69.1 Å². The fourth-order valence-corrected chi connectivity index (χ4v) is 2.22. The van der Waals surface area contributed by atoms with Crippen molar-refractivity contribution in [1.82, 2.24) is 0 Å². The van der Waals surface area contributed by atoms with Gasteiger partial charge in [-0.3, -0.25) is 4.79 Å². The van der Waals surface area contributed by atoms with E-state index in [2.05, 4.69) is 15.9 Å². The van der Waals surface area contributed by atoms with Crippen LogP contribution in [-0.2, 0) is 0 Å². The van der Waals surface area contributed by atoms with Crippen LogP contribution >= 0.6 is 27.5 Å². The molecule has 0 unspecified atom stereocenters. The Balaban J connectivity index is 2.59. The molecule has 18 heavy (non-hydrogen) atoms. The minimum absolute atomic E-state index is 0.300. The summed E-state index contributed by atoms with van der Waals surface area (Å²) in [7, 11) is 0. The number of primary amides is 1. The predicted octanol–water partition coefficient (Wildman–Crippen LogP) is 3.45. The summed E-state index contributed by atoms with van der Waals surface area (Å²) in [4.78, 5) is 11.3. The number of hydrogen-bond donors (Lipinski definition) is 2. The molecule has 0 heterocycles. The van der Waals surface area contributed by atoms with E-state index in [0.717, 1.165) is 11.1 Å². The zero-order valence-corrected chi connectivity index (χ0v) is 11.6. The fraction of sp³-hybridized carbons (Fsp3) is 0. The molecule has 2 aromatic rings. The quantitative estimate of drug-likeness (QED) is 0.830. The standard InChI is InChI=1S/C13H10BrClN2O/c14-11-6-8(5-10(12(11)16)13(17)18)7-1-3-9(15)4-2-7/h1-6H,16H2,(H2,17,18). The smallest absolute Gasteiger partial charge is 0.250 e. The van der Waals surface area contributed by atoms with Gasteiger partial charge < -0.3 is 11.5 Å². The highest BCUT2D eigenvalue weighted by molar-refractivity contribution is 9.10. The lowest BCUT2D eigenvalue weighted by Gasteiger charge is -2.09. The number of rotatable bonds is 2. The van der Waals surface area contributed by atoms with Crippen LogP contribution in [0.3, 0.4) is 0 Å². The second-order valence-electron chi connectivity index (χ2n) is 3.79. The van der Waals surface area contributed by atoms with Gasteiger partial charge in [0.05, 0.1) is 11.3 Å². The molecule has 0 aliphatic carbocycles. The van der Waals surface area contributed by atoms with Gasteiger partial charge in [-0.25, -0.2) is 0 Å². The summed E-state index contributed by atoms with van der Waals surface area (Å²) in [5.41, 5.74) is 13.5. The highest BCUT2D eigenvalue weighted by atomic mass is 79.9. The molecule has 0 radical (unpaired) electrons. The highest BCUT2D eigenvalue weighted by Crippen LogP contribution is 2.31. The van der Waals surface area contributed by atoms with Crippen LogP contribution in [0.1, 0.15) is 10.4 Å². The number of anilines is 1. The van der Waals surface area contributed by atoms with E-state index >= 15 is 0 Å². The molecule has 2 rings (SSSR count). The zero-order valence-electron chi connectivity index (χ0n) is 9.28. The van der Waals surface area contributed by atoms with E-state index in [4.69, 9.17) is 23.1 Å². The van der Waals surface area contributed by atoms with Crippen LogP contribution in [0, 0.1) is 0 Å². The van der Waals surface area contributed by atoms with E-state index < -0.39 is 5.91 Å². The van der Waals surface area contributed by atoms with Crippen LogP contribution in [0.4, 0.5) is 5.69 Å². The lowest BCUT2D eigenvalue weighted by molar-refractivity contribution is 0.100.